The second kappa shape index (κ2) is 5.84. The molecular formula is C11H16BrNO3S. The molecule has 1 aromatic rings. The smallest absolute Gasteiger partial charge is 0.155 e. The Kier molecular flexibility index (Phi) is 4.97. The number of hydrogen-bond acceptors (Lipinski definition) is 4. The van der Waals surface area contributed by atoms with Crippen LogP contribution in [0.25, 0.3) is 0 Å². The van der Waals surface area contributed by atoms with Crippen molar-refractivity contribution in [2.24, 2.45) is 5.73 Å². The summed E-state index contributed by atoms with van der Waals surface area (Å²) in [6.07, 6.45) is 0. The van der Waals surface area contributed by atoms with Gasteiger partial charge in [-0.25, -0.2) is 8.42 Å². The predicted octanol–water partition coefficient (Wildman–Crippen LogP) is 1.72. The Morgan fingerprint density at radius 1 is 1.47 bits per heavy atom. The minimum atomic E-state index is -3.19. The highest BCUT2D eigenvalue weighted by Gasteiger charge is 2.16. The third-order valence-corrected chi connectivity index (χ3v) is 4.70. The van der Waals surface area contributed by atoms with Crippen LogP contribution in [0.5, 0.6) is 5.75 Å². The van der Waals surface area contributed by atoms with E-state index in [0.29, 0.717) is 11.3 Å². The van der Waals surface area contributed by atoms with Crippen molar-refractivity contribution in [3.05, 3.63) is 28.2 Å². The van der Waals surface area contributed by atoms with Gasteiger partial charge in [0.25, 0.3) is 0 Å². The molecule has 0 aliphatic rings. The Bertz CT molecular complexity index is 485. The van der Waals surface area contributed by atoms with Crippen molar-refractivity contribution in [2.45, 2.75) is 18.7 Å². The minimum absolute atomic E-state index is 0.0172. The number of benzene rings is 1. The molecule has 0 heterocycles. The molecule has 96 valence electrons. The lowest BCUT2D eigenvalue weighted by molar-refractivity contribution is 0.414. The molecular weight excluding hydrogens is 306 g/mol. The summed E-state index contributed by atoms with van der Waals surface area (Å²) in [6.45, 7) is 1.68. The maximum atomic E-state index is 11.8. The average molecular weight is 322 g/mol. The normalized spacial score (nSPS) is 13.4. The van der Waals surface area contributed by atoms with E-state index in [0.717, 1.165) is 4.47 Å². The van der Waals surface area contributed by atoms with E-state index in [9.17, 15) is 8.42 Å². The highest BCUT2D eigenvalue weighted by atomic mass is 79.9. The molecule has 1 unspecified atom stereocenters. The lowest BCUT2D eigenvalue weighted by atomic mass is 10.2. The quantitative estimate of drug-likeness (QED) is 0.896. The Balaban J connectivity index is 2.94. The Labute approximate surface area is 110 Å². The second-order valence-electron chi connectivity index (χ2n) is 3.99. The van der Waals surface area contributed by atoms with Crippen molar-refractivity contribution >= 4 is 25.8 Å². The molecule has 1 aromatic carbocycles. The highest BCUT2D eigenvalue weighted by Crippen LogP contribution is 2.24. The summed E-state index contributed by atoms with van der Waals surface area (Å²) in [4.78, 5) is 0. The lowest BCUT2D eigenvalue weighted by Gasteiger charge is -2.10. The van der Waals surface area contributed by atoms with E-state index in [1.165, 1.54) is 0 Å². The molecule has 0 spiro atoms. The van der Waals surface area contributed by atoms with E-state index < -0.39 is 9.84 Å². The van der Waals surface area contributed by atoms with Crippen LogP contribution in [-0.4, -0.2) is 27.3 Å². The third kappa shape index (κ3) is 4.65. The van der Waals surface area contributed by atoms with Crippen molar-refractivity contribution in [3.8, 4) is 5.75 Å². The molecule has 0 saturated carbocycles. The summed E-state index contributed by atoms with van der Waals surface area (Å²) in [7, 11) is -1.65. The largest absolute Gasteiger partial charge is 0.497 e. The summed E-state index contributed by atoms with van der Waals surface area (Å²) in [6, 6.07) is 4.90. The van der Waals surface area contributed by atoms with Crippen molar-refractivity contribution in [1.29, 1.82) is 0 Å². The van der Waals surface area contributed by atoms with E-state index in [-0.39, 0.29) is 17.5 Å². The number of ether oxygens (including phenoxy) is 1. The van der Waals surface area contributed by atoms with E-state index >= 15 is 0 Å². The minimum Gasteiger partial charge on any atom is -0.497 e. The topological polar surface area (TPSA) is 69.4 Å². The lowest BCUT2D eigenvalue weighted by Crippen LogP contribution is -2.27. The van der Waals surface area contributed by atoms with Crippen LogP contribution in [0.15, 0.2) is 22.7 Å². The number of methoxy groups -OCH3 is 1. The fourth-order valence-corrected chi connectivity index (χ4v) is 3.69. The van der Waals surface area contributed by atoms with Crippen LogP contribution in [0.4, 0.5) is 0 Å². The van der Waals surface area contributed by atoms with Crippen molar-refractivity contribution in [3.63, 3.8) is 0 Å². The third-order valence-electron chi connectivity index (χ3n) is 2.15. The number of halogens is 1. The molecule has 0 aliphatic heterocycles. The van der Waals surface area contributed by atoms with Gasteiger partial charge in [-0.05, 0) is 30.7 Å². The molecule has 0 bridgehead atoms. The standard InChI is InChI=1S/C11H16BrNO3S/c1-8(13)6-17(14,15)7-9-5-10(16-2)3-4-11(9)12/h3-5,8H,6-7,13H2,1-2H3. The molecule has 0 radical (unpaired) electrons. The molecule has 6 heteroatoms. The van der Waals surface area contributed by atoms with Crippen LogP contribution in [0.2, 0.25) is 0 Å². The molecule has 1 atom stereocenters. The highest BCUT2D eigenvalue weighted by molar-refractivity contribution is 9.10. The molecule has 4 nitrogen and oxygen atoms in total. The summed E-state index contributed by atoms with van der Waals surface area (Å²) in [5.41, 5.74) is 6.20. The fourth-order valence-electron chi connectivity index (χ4n) is 1.49. The van der Waals surface area contributed by atoms with Gasteiger partial charge in [0, 0.05) is 10.5 Å². The molecule has 2 N–H and O–H groups in total. The molecule has 0 amide bonds. The van der Waals surface area contributed by atoms with Gasteiger partial charge in [-0.2, -0.15) is 0 Å². The Morgan fingerprint density at radius 3 is 2.65 bits per heavy atom. The van der Waals surface area contributed by atoms with E-state index in [4.69, 9.17) is 10.5 Å². The first-order chi connectivity index (χ1) is 7.84. The fraction of sp³-hybridized carbons (Fsp3) is 0.455. The maximum absolute atomic E-state index is 11.8. The summed E-state index contributed by atoms with van der Waals surface area (Å²) < 4.78 is 29.5. The van der Waals surface area contributed by atoms with Gasteiger partial charge in [-0.3, -0.25) is 0 Å². The van der Waals surface area contributed by atoms with Gasteiger partial charge in [0.2, 0.25) is 0 Å². The first kappa shape index (κ1) is 14.5. The molecule has 1 rings (SSSR count). The zero-order chi connectivity index (χ0) is 13.1. The average Bonchev–Trinajstić information content (AvgIpc) is 2.19. The van der Waals surface area contributed by atoms with E-state index in [1.807, 2.05) is 0 Å². The van der Waals surface area contributed by atoms with Crippen LogP contribution < -0.4 is 10.5 Å². The van der Waals surface area contributed by atoms with Crippen molar-refractivity contribution in [2.75, 3.05) is 12.9 Å². The maximum Gasteiger partial charge on any atom is 0.155 e. The van der Waals surface area contributed by atoms with Gasteiger partial charge in [-0.1, -0.05) is 15.9 Å². The molecule has 0 saturated heterocycles. The van der Waals surface area contributed by atoms with Gasteiger partial charge < -0.3 is 10.5 Å². The van der Waals surface area contributed by atoms with Crippen molar-refractivity contribution in [1.82, 2.24) is 0 Å². The van der Waals surface area contributed by atoms with Gasteiger partial charge >= 0.3 is 0 Å². The van der Waals surface area contributed by atoms with Gasteiger partial charge in [0.1, 0.15) is 5.75 Å². The van der Waals surface area contributed by atoms with Gasteiger partial charge in [0.05, 0.1) is 18.6 Å². The molecule has 0 fully saturated rings. The first-order valence-electron chi connectivity index (χ1n) is 5.12. The summed E-state index contributed by atoms with van der Waals surface area (Å²) >= 11 is 3.33. The van der Waals surface area contributed by atoms with Crippen LogP contribution in [0.3, 0.4) is 0 Å². The van der Waals surface area contributed by atoms with E-state index in [2.05, 4.69) is 15.9 Å². The number of rotatable bonds is 5. The Morgan fingerprint density at radius 2 is 2.12 bits per heavy atom. The Hall–Kier alpha value is -0.590. The summed E-state index contributed by atoms with van der Waals surface area (Å²) in [5.74, 6) is 0.586. The van der Waals surface area contributed by atoms with Crippen LogP contribution in [0, 0.1) is 0 Å². The SMILES string of the molecule is COc1ccc(Br)c(CS(=O)(=O)CC(C)N)c1. The first-order valence-corrected chi connectivity index (χ1v) is 7.74. The second-order valence-corrected chi connectivity index (χ2v) is 6.95. The molecule has 17 heavy (non-hydrogen) atoms. The van der Waals surface area contributed by atoms with E-state index in [1.54, 1.807) is 32.2 Å². The van der Waals surface area contributed by atoms with Crippen LogP contribution in [0.1, 0.15) is 12.5 Å². The predicted molar refractivity (Wildman–Crippen MR) is 71.8 cm³/mol. The number of hydrogen-bond donors (Lipinski definition) is 1. The van der Waals surface area contributed by atoms with Crippen LogP contribution >= 0.6 is 15.9 Å². The number of nitrogens with two attached hydrogens (primary N) is 1. The number of sulfone groups is 1. The molecule has 0 aliphatic carbocycles. The monoisotopic (exact) mass is 321 g/mol. The zero-order valence-corrected chi connectivity index (χ0v) is 12.2. The zero-order valence-electron chi connectivity index (χ0n) is 9.81. The van der Waals surface area contributed by atoms with Crippen LogP contribution in [-0.2, 0) is 15.6 Å². The summed E-state index contributed by atoms with van der Waals surface area (Å²) in [5, 5.41) is 0. The molecule has 0 aromatic heterocycles. The van der Waals surface area contributed by atoms with Gasteiger partial charge in [-0.15, -0.1) is 0 Å². The van der Waals surface area contributed by atoms with Crippen molar-refractivity contribution < 1.29 is 13.2 Å². The van der Waals surface area contributed by atoms with Gasteiger partial charge in [0.15, 0.2) is 9.84 Å².